The van der Waals surface area contributed by atoms with Crippen LogP contribution in [0.4, 0.5) is 0 Å². The summed E-state index contributed by atoms with van der Waals surface area (Å²) in [5.74, 6) is 0.346. The first-order valence-corrected chi connectivity index (χ1v) is 3.14. The third kappa shape index (κ3) is 1.51. The van der Waals surface area contributed by atoms with Crippen molar-refractivity contribution in [2.75, 3.05) is 0 Å². The summed E-state index contributed by atoms with van der Waals surface area (Å²) in [5, 5.41) is -0.721. The van der Waals surface area contributed by atoms with E-state index >= 15 is 0 Å². The molecule has 10 heavy (non-hydrogen) atoms. The maximum absolute atomic E-state index is 10.1. The highest BCUT2D eigenvalue weighted by Gasteiger charge is 2.06. The van der Waals surface area contributed by atoms with Crippen molar-refractivity contribution in [3.63, 3.8) is 0 Å². The second kappa shape index (κ2) is 3.27. The number of hydrogen-bond donors (Lipinski definition) is 0. The van der Waals surface area contributed by atoms with Crippen LogP contribution in [-0.4, -0.2) is 16.3 Å². The van der Waals surface area contributed by atoms with E-state index in [9.17, 15) is 4.79 Å². The summed E-state index contributed by atoms with van der Waals surface area (Å²) in [4.78, 5) is 17.6. The molecule has 4 heteroatoms. The first-order chi connectivity index (χ1) is 4.84. The van der Waals surface area contributed by atoms with E-state index in [0.29, 0.717) is 12.1 Å². The summed E-state index contributed by atoms with van der Waals surface area (Å²) in [6.45, 7) is 0. The van der Waals surface area contributed by atoms with Crippen LogP contribution in [0.25, 0.3) is 0 Å². The normalized spacial score (nSPS) is 12.5. The van der Waals surface area contributed by atoms with Gasteiger partial charge in [-0.15, -0.1) is 11.6 Å². The first kappa shape index (κ1) is 7.15. The van der Waals surface area contributed by atoms with Crippen molar-refractivity contribution >= 4 is 17.9 Å². The Morgan fingerprint density at radius 3 is 2.60 bits per heavy atom. The fourth-order valence-corrected chi connectivity index (χ4v) is 0.627. The topological polar surface area (TPSA) is 42.9 Å². The average Bonchev–Trinajstić information content (AvgIpc) is 2.05. The van der Waals surface area contributed by atoms with E-state index in [2.05, 4.69) is 9.97 Å². The predicted molar refractivity (Wildman–Crippen MR) is 36.7 cm³/mol. The minimum absolute atomic E-state index is 0.346. The van der Waals surface area contributed by atoms with Gasteiger partial charge in [-0.05, 0) is 6.07 Å². The summed E-state index contributed by atoms with van der Waals surface area (Å²) in [7, 11) is 0. The maximum Gasteiger partial charge on any atom is 0.153 e. The van der Waals surface area contributed by atoms with E-state index in [4.69, 9.17) is 11.6 Å². The Balaban J connectivity index is 2.84. The number of nitrogens with zero attached hydrogens (tertiary/aromatic N) is 2. The number of rotatable bonds is 2. The Hall–Kier alpha value is -0.960. The van der Waals surface area contributed by atoms with Gasteiger partial charge in [-0.3, -0.25) is 0 Å². The Morgan fingerprint density at radius 2 is 2.10 bits per heavy atom. The van der Waals surface area contributed by atoms with Crippen molar-refractivity contribution < 1.29 is 4.79 Å². The zero-order chi connectivity index (χ0) is 7.40. The second-order valence-corrected chi connectivity index (χ2v) is 2.12. The van der Waals surface area contributed by atoms with Crippen LogP contribution in [0.2, 0.25) is 0 Å². The highest BCUT2D eigenvalue weighted by Crippen LogP contribution is 2.10. The molecule has 1 heterocycles. The van der Waals surface area contributed by atoms with Gasteiger partial charge in [-0.1, -0.05) is 0 Å². The van der Waals surface area contributed by atoms with Crippen LogP contribution in [0.1, 0.15) is 11.2 Å². The summed E-state index contributed by atoms with van der Waals surface area (Å²) in [5.41, 5.74) is 0. The highest BCUT2D eigenvalue weighted by atomic mass is 35.5. The summed E-state index contributed by atoms with van der Waals surface area (Å²) >= 11 is 5.50. The lowest BCUT2D eigenvalue weighted by Crippen LogP contribution is -1.97. The molecular formula is C6H5ClN2O. The standard InChI is InChI=1S/C6H5ClN2O/c7-5(4-10)6-8-2-1-3-9-6/h1-5H. The lowest BCUT2D eigenvalue weighted by Gasteiger charge is -1.95. The van der Waals surface area contributed by atoms with E-state index in [1.165, 1.54) is 0 Å². The van der Waals surface area contributed by atoms with Crippen LogP contribution in [0.3, 0.4) is 0 Å². The maximum atomic E-state index is 10.1. The Labute approximate surface area is 63.1 Å². The van der Waals surface area contributed by atoms with Crippen LogP contribution >= 0.6 is 11.6 Å². The molecule has 0 bridgehead atoms. The zero-order valence-electron chi connectivity index (χ0n) is 5.07. The molecule has 1 aromatic rings. The zero-order valence-corrected chi connectivity index (χ0v) is 5.82. The molecule has 0 saturated carbocycles. The van der Waals surface area contributed by atoms with Gasteiger partial charge < -0.3 is 4.79 Å². The van der Waals surface area contributed by atoms with Crippen molar-refractivity contribution in [3.05, 3.63) is 24.3 Å². The molecule has 52 valence electrons. The van der Waals surface area contributed by atoms with Gasteiger partial charge >= 0.3 is 0 Å². The van der Waals surface area contributed by atoms with Crippen LogP contribution in [0.5, 0.6) is 0 Å². The number of carbonyl (C=O) groups is 1. The molecular weight excluding hydrogens is 152 g/mol. The molecule has 0 fully saturated rings. The third-order valence-corrected chi connectivity index (χ3v) is 1.25. The monoisotopic (exact) mass is 156 g/mol. The molecule has 0 radical (unpaired) electrons. The minimum atomic E-state index is -0.721. The van der Waals surface area contributed by atoms with Crippen molar-refractivity contribution in [3.8, 4) is 0 Å². The molecule has 0 aliphatic rings. The fraction of sp³-hybridized carbons (Fsp3) is 0.167. The average molecular weight is 157 g/mol. The Bertz CT molecular complexity index is 214. The molecule has 0 aromatic carbocycles. The van der Waals surface area contributed by atoms with Crippen LogP contribution < -0.4 is 0 Å². The molecule has 1 rings (SSSR count). The van der Waals surface area contributed by atoms with E-state index in [1.54, 1.807) is 18.5 Å². The number of hydrogen-bond acceptors (Lipinski definition) is 3. The molecule has 3 nitrogen and oxygen atoms in total. The van der Waals surface area contributed by atoms with Gasteiger partial charge in [0, 0.05) is 12.4 Å². The number of aldehydes is 1. The van der Waals surface area contributed by atoms with Gasteiger partial charge in [-0.25, -0.2) is 9.97 Å². The third-order valence-electron chi connectivity index (χ3n) is 0.952. The SMILES string of the molecule is O=CC(Cl)c1ncccn1. The molecule has 0 spiro atoms. The number of carbonyl (C=O) groups excluding carboxylic acids is 1. The van der Waals surface area contributed by atoms with E-state index in [0.717, 1.165) is 0 Å². The molecule has 0 saturated heterocycles. The first-order valence-electron chi connectivity index (χ1n) is 2.71. The van der Waals surface area contributed by atoms with Crippen molar-refractivity contribution in [1.82, 2.24) is 9.97 Å². The van der Waals surface area contributed by atoms with E-state index in [-0.39, 0.29) is 0 Å². The molecule has 0 N–H and O–H groups in total. The summed E-state index contributed by atoms with van der Waals surface area (Å²) in [6.07, 6.45) is 3.68. The fourth-order valence-electron chi connectivity index (χ4n) is 0.514. The summed E-state index contributed by atoms with van der Waals surface area (Å²) < 4.78 is 0. The summed E-state index contributed by atoms with van der Waals surface area (Å²) in [6, 6.07) is 1.66. The molecule has 0 amide bonds. The lowest BCUT2D eigenvalue weighted by molar-refractivity contribution is -0.107. The highest BCUT2D eigenvalue weighted by molar-refractivity contribution is 6.27. The predicted octanol–water partition coefficient (Wildman–Crippen LogP) is 0.955. The van der Waals surface area contributed by atoms with Crippen LogP contribution in [0, 0.1) is 0 Å². The van der Waals surface area contributed by atoms with Gasteiger partial charge in [0.15, 0.2) is 5.82 Å². The van der Waals surface area contributed by atoms with Gasteiger partial charge in [0.05, 0.1) is 0 Å². The van der Waals surface area contributed by atoms with Crippen LogP contribution in [0.15, 0.2) is 18.5 Å². The van der Waals surface area contributed by atoms with E-state index in [1.807, 2.05) is 0 Å². The molecule has 1 unspecified atom stereocenters. The Morgan fingerprint density at radius 1 is 1.50 bits per heavy atom. The quantitative estimate of drug-likeness (QED) is 0.473. The minimum Gasteiger partial charge on any atom is -0.301 e. The van der Waals surface area contributed by atoms with Gasteiger partial charge in [0.25, 0.3) is 0 Å². The van der Waals surface area contributed by atoms with Gasteiger partial charge in [0.2, 0.25) is 0 Å². The molecule has 0 aliphatic carbocycles. The molecule has 1 atom stereocenters. The van der Waals surface area contributed by atoms with Gasteiger partial charge in [-0.2, -0.15) is 0 Å². The number of alkyl halides is 1. The van der Waals surface area contributed by atoms with Crippen molar-refractivity contribution in [2.24, 2.45) is 0 Å². The second-order valence-electron chi connectivity index (χ2n) is 1.64. The molecule has 1 aromatic heterocycles. The largest absolute Gasteiger partial charge is 0.301 e. The van der Waals surface area contributed by atoms with Crippen molar-refractivity contribution in [1.29, 1.82) is 0 Å². The van der Waals surface area contributed by atoms with Gasteiger partial charge in [0.1, 0.15) is 11.7 Å². The smallest absolute Gasteiger partial charge is 0.153 e. The van der Waals surface area contributed by atoms with E-state index < -0.39 is 5.38 Å². The molecule has 0 aliphatic heterocycles. The van der Waals surface area contributed by atoms with Crippen molar-refractivity contribution in [2.45, 2.75) is 5.38 Å². The lowest BCUT2D eigenvalue weighted by atomic mass is 10.4. The number of halogens is 1. The van der Waals surface area contributed by atoms with Crippen LogP contribution in [-0.2, 0) is 4.79 Å². The number of aromatic nitrogens is 2. The Kier molecular flexibility index (Phi) is 2.34.